The predicted octanol–water partition coefficient (Wildman–Crippen LogP) is 4.88. The van der Waals surface area contributed by atoms with E-state index in [0.29, 0.717) is 5.69 Å². The first kappa shape index (κ1) is 19.7. The molecule has 0 fully saturated rings. The van der Waals surface area contributed by atoms with Crippen molar-refractivity contribution in [2.75, 3.05) is 12.8 Å². The highest BCUT2D eigenvalue weighted by molar-refractivity contribution is 14.1. The molecule has 0 radical (unpaired) electrons. The van der Waals surface area contributed by atoms with Gasteiger partial charge in [-0.15, -0.1) is 0 Å². The van der Waals surface area contributed by atoms with E-state index in [0.717, 1.165) is 25.8 Å². The van der Waals surface area contributed by atoms with Crippen LogP contribution in [0.5, 0.6) is 0 Å². The maximum absolute atomic E-state index is 12.5. The van der Waals surface area contributed by atoms with Crippen molar-refractivity contribution in [3.8, 4) is 11.1 Å². The Morgan fingerprint density at radius 3 is 2.24 bits per heavy atom. The fourth-order valence-electron chi connectivity index (χ4n) is 2.65. The fraction of sp³-hybridized carbons (Fsp3) is 0.350. The maximum Gasteiger partial charge on any atom is 0.339 e. The van der Waals surface area contributed by atoms with Crippen molar-refractivity contribution in [1.29, 1.82) is 0 Å². The first-order valence-corrected chi connectivity index (χ1v) is 9.12. The summed E-state index contributed by atoms with van der Waals surface area (Å²) in [5, 5.41) is 0. The molecule has 1 atom stereocenters. The number of methoxy groups -OCH3 is 1. The molecule has 2 rings (SSSR count). The highest BCUT2D eigenvalue weighted by Crippen LogP contribution is 2.38. The van der Waals surface area contributed by atoms with Crippen LogP contribution in [0.1, 0.15) is 38.0 Å². The van der Waals surface area contributed by atoms with Crippen molar-refractivity contribution in [1.82, 2.24) is 0 Å². The van der Waals surface area contributed by atoms with Crippen LogP contribution in [0.3, 0.4) is 0 Å². The molecular formula is C20H24INO3. The highest BCUT2D eigenvalue weighted by atomic mass is 127. The molecule has 0 heterocycles. The van der Waals surface area contributed by atoms with Gasteiger partial charge in [-0.1, -0.05) is 18.2 Å². The lowest BCUT2D eigenvalue weighted by molar-refractivity contribution is -0.164. The van der Waals surface area contributed by atoms with Crippen LogP contribution in [0.15, 0.2) is 36.4 Å². The van der Waals surface area contributed by atoms with Gasteiger partial charge in [-0.2, -0.15) is 0 Å². The molecule has 0 saturated heterocycles. The van der Waals surface area contributed by atoms with Crippen LogP contribution in [-0.4, -0.2) is 18.7 Å². The number of hydrogen-bond acceptors (Lipinski definition) is 4. The molecule has 134 valence electrons. The molecule has 1 unspecified atom stereocenters. The first-order valence-electron chi connectivity index (χ1n) is 8.04. The van der Waals surface area contributed by atoms with Crippen LogP contribution in [0.4, 0.5) is 5.69 Å². The molecule has 5 heteroatoms. The lowest BCUT2D eigenvalue weighted by Gasteiger charge is -2.29. The van der Waals surface area contributed by atoms with Crippen LogP contribution < -0.4 is 5.73 Å². The predicted molar refractivity (Wildman–Crippen MR) is 109 cm³/mol. The molecule has 2 aromatic rings. The molecule has 4 nitrogen and oxygen atoms in total. The number of carbonyl (C=O) groups excluding carboxylic acids is 1. The SMILES string of the molecule is COC(=O)C(OC(C)(C)C)c1c(-c2ccc(I)cc2)ccc(N)c1C. The molecule has 0 bridgehead atoms. The zero-order chi connectivity index (χ0) is 18.8. The minimum atomic E-state index is -0.845. The molecule has 25 heavy (non-hydrogen) atoms. The Morgan fingerprint density at radius 2 is 1.72 bits per heavy atom. The largest absolute Gasteiger partial charge is 0.467 e. The van der Waals surface area contributed by atoms with Crippen molar-refractivity contribution in [3.05, 3.63) is 51.1 Å². The van der Waals surface area contributed by atoms with E-state index in [4.69, 9.17) is 15.2 Å². The van der Waals surface area contributed by atoms with Gasteiger partial charge in [0.1, 0.15) is 0 Å². The molecular weight excluding hydrogens is 429 g/mol. The normalized spacial score (nSPS) is 12.7. The third kappa shape index (κ3) is 4.73. The van der Waals surface area contributed by atoms with Gasteiger partial charge < -0.3 is 15.2 Å². The lowest BCUT2D eigenvalue weighted by Crippen LogP contribution is -2.29. The Morgan fingerprint density at radius 1 is 1.12 bits per heavy atom. The molecule has 0 aliphatic heterocycles. The molecule has 2 aromatic carbocycles. The lowest BCUT2D eigenvalue weighted by atomic mass is 9.91. The maximum atomic E-state index is 12.5. The topological polar surface area (TPSA) is 61.5 Å². The number of ether oxygens (including phenoxy) is 2. The van der Waals surface area contributed by atoms with Gasteiger partial charge in [-0.25, -0.2) is 4.79 Å². The minimum Gasteiger partial charge on any atom is -0.467 e. The van der Waals surface area contributed by atoms with E-state index in [-0.39, 0.29) is 0 Å². The summed E-state index contributed by atoms with van der Waals surface area (Å²) in [5.74, 6) is -0.435. The van der Waals surface area contributed by atoms with E-state index in [1.54, 1.807) is 0 Å². The van der Waals surface area contributed by atoms with Gasteiger partial charge in [0.15, 0.2) is 6.10 Å². The van der Waals surface area contributed by atoms with Crippen LogP contribution in [0.2, 0.25) is 0 Å². The van der Waals surface area contributed by atoms with E-state index in [9.17, 15) is 4.79 Å². The third-order valence-electron chi connectivity index (χ3n) is 3.86. The zero-order valence-corrected chi connectivity index (χ0v) is 17.4. The van der Waals surface area contributed by atoms with Crippen LogP contribution in [0, 0.1) is 10.5 Å². The average Bonchev–Trinajstić information content (AvgIpc) is 2.54. The van der Waals surface area contributed by atoms with Gasteiger partial charge in [0, 0.05) is 14.8 Å². The number of rotatable bonds is 4. The number of benzene rings is 2. The van der Waals surface area contributed by atoms with E-state index >= 15 is 0 Å². The average molecular weight is 453 g/mol. The second kappa shape index (κ2) is 7.74. The summed E-state index contributed by atoms with van der Waals surface area (Å²) in [7, 11) is 1.37. The van der Waals surface area contributed by atoms with Gasteiger partial charge in [-0.05, 0) is 85.2 Å². The number of nitrogens with two attached hydrogens (primary N) is 1. The quantitative estimate of drug-likeness (QED) is 0.408. The van der Waals surface area contributed by atoms with Crippen molar-refractivity contribution >= 4 is 34.2 Å². The number of hydrogen-bond donors (Lipinski definition) is 1. The number of esters is 1. The van der Waals surface area contributed by atoms with Gasteiger partial charge in [0.2, 0.25) is 0 Å². The summed E-state index contributed by atoms with van der Waals surface area (Å²) >= 11 is 2.27. The smallest absolute Gasteiger partial charge is 0.339 e. The van der Waals surface area contributed by atoms with E-state index in [2.05, 4.69) is 22.6 Å². The van der Waals surface area contributed by atoms with Crippen molar-refractivity contribution < 1.29 is 14.3 Å². The number of halogens is 1. The monoisotopic (exact) mass is 453 g/mol. The standard InChI is InChI=1S/C20H24INO3/c1-12-16(22)11-10-15(13-6-8-14(21)9-7-13)17(12)18(19(23)24-5)25-20(2,3)4/h6-11,18H,22H2,1-5H3. The molecule has 0 spiro atoms. The van der Waals surface area contributed by atoms with E-state index in [1.807, 2.05) is 64.1 Å². The van der Waals surface area contributed by atoms with Crippen molar-refractivity contribution in [2.45, 2.75) is 39.4 Å². The van der Waals surface area contributed by atoms with Crippen molar-refractivity contribution in [3.63, 3.8) is 0 Å². The summed E-state index contributed by atoms with van der Waals surface area (Å²) in [6.07, 6.45) is -0.845. The first-order chi connectivity index (χ1) is 11.6. The zero-order valence-electron chi connectivity index (χ0n) is 15.2. The molecule has 0 saturated carbocycles. The van der Waals surface area contributed by atoms with Gasteiger partial charge >= 0.3 is 5.97 Å². The summed E-state index contributed by atoms with van der Waals surface area (Å²) in [5.41, 5.74) is 9.74. The summed E-state index contributed by atoms with van der Waals surface area (Å²) in [6.45, 7) is 7.64. The number of nitrogen functional groups attached to an aromatic ring is 1. The molecule has 0 aromatic heterocycles. The van der Waals surface area contributed by atoms with E-state index in [1.165, 1.54) is 7.11 Å². The number of carbonyl (C=O) groups is 1. The Bertz CT molecular complexity index is 764. The van der Waals surface area contributed by atoms with Crippen LogP contribution >= 0.6 is 22.6 Å². The summed E-state index contributed by atoms with van der Waals surface area (Å²) in [6, 6.07) is 11.9. The molecule has 0 aliphatic rings. The molecule has 2 N–H and O–H groups in total. The fourth-order valence-corrected chi connectivity index (χ4v) is 3.01. The van der Waals surface area contributed by atoms with Crippen LogP contribution in [0.25, 0.3) is 11.1 Å². The van der Waals surface area contributed by atoms with Gasteiger partial charge in [0.25, 0.3) is 0 Å². The van der Waals surface area contributed by atoms with Gasteiger partial charge in [0.05, 0.1) is 12.7 Å². The van der Waals surface area contributed by atoms with E-state index < -0.39 is 17.7 Å². The highest BCUT2D eigenvalue weighted by Gasteiger charge is 2.32. The third-order valence-corrected chi connectivity index (χ3v) is 4.58. The Labute approximate surface area is 162 Å². The minimum absolute atomic E-state index is 0.435. The van der Waals surface area contributed by atoms with Gasteiger partial charge in [-0.3, -0.25) is 0 Å². The second-order valence-corrected chi connectivity index (χ2v) is 8.13. The summed E-state index contributed by atoms with van der Waals surface area (Å²) < 4.78 is 12.2. The molecule has 0 aliphatic carbocycles. The summed E-state index contributed by atoms with van der Waals surface area (Å²) in [4.78, 5) is 12.5. The molecule has 0 amide bonds. The Kier molecular flexibility index (Phi) is 6.11. The second-order valence-electron chi connectivity index (χ2n) is 6.88. The Hall–Kier alpha value is -1.60. The Balaban J connectivity index is 2.69. The van der Waals surface area contributed by atoms with Crippen molar-refractivity contribution in [2.24, 2.45) is 0 Å². The van der Waals surface area contributed by atoms with Crippen LogP contribution in [-0.2, 0) is 14.3 Å². The number of anilines is 1.